The Morgan fingerprint density at radius 2 is 1.89 bits per heavy atom. The normalized spacial score (nSPS) is 23.4. The summed E-state index contributed by atoms with van der Waals surface area (Å²) >= 11 is 0. The molecule has 4 rings (SSSR count). The zero-order valence-corrected chi connectivity index (χ0v) is 15.8. The lowest BCUT2D eigenvalue weighted by Crippen LogP contribution is -2.54. The molecule has 0 unspecified atom stereocenters. The summed E-state index contributed by atoms with van der Waals surface area (Å²) in [4.78, 5) is 24.9. The number of hydrogen-bond donors (Lipinski definition) is 0. The Morgan fingerprint density at radius 3 is 2.63 bits per heavy atom. The molecule has 148 valence electrons. The van der Waals surface area contributed by atoms with Crippen LogP contribution in [0, 0.1) is 6.92 Å². The van der Waals surface area contributed by atoms with Gasteiger partial charge < -0.3 is 14.2 Å². The third-order valence-corrected chi connectivity index (χ3v) is 5.76. The Labute approximate surface area is 158 Å². The first-order valence-corrected chi connectivity index (χ1v) is 9.98. The van der Waals surface area contributed by atoms with E-state index in [0.717, 1.165) is 18.5 Å². The van der Waals surface area contributed by atoms with Crippen LogP contribution in [0.15, 0.2) is 6.07 Å². The molecular weight excluding hydrogens is 350 g/mol. The lowest BCUT2D eigenvalue weighted by molar-refractivity contribution is -0.264. The van der Waals surface area contributed by atoms with Crippen LogP contribution in [0.4, 0.5) is 0 Å². The van der Waals surface area contributed by atoms with E-state index in [9.17, 15) is 9.59 Å². The minimum atomic E-state index is -1.24. The molecule has 3 aliphatic rings. The molecule has 1 spiro atoms. The van der Waals surface area contributed by atoms with Crippen molar-refractivity contribution in [1.29, 1.82) is 0 Å². The zero-order valence-electron chi connectivity index (χ0n) is 15.8. The Hall–Kier alpha value is -2.09. The molecule has 1 aromatic rings. The molecule has 8 nitrogen and oxygen atoms in total. The molecule has 8 heteroatoms. The van der Waals surface area contributed by atoms with Crippen LogP contribution in [0.3, 0.4) is 0 Å². The number of aryl methyl sites for hydroxylation is 1. The van der Waals surface area contributed by atoms with Gasteiger partial charge in [-0.1, -0.05) is 19.3 Å². The van der Waals surface area contributed by atoms with E-state index >= 15 is 0 Å². The summed E-state index contributed by atoms with van der Waals surface area (Å²) in [7, 11) is 0. The van der Waals surface area contributed by atoms with Crippen LogP contribution in [0.2, 0.25) is 0 Å². The number of likely N-dealkylation sites (tertiary alicyclic amines) is 1. The van der Waals surface area contributed by atoms with Gasteiger partial charge in [0.1, 0.15) is 6.61 Å². The van der Waals surface area contributed by atoms with E-state index < -0.39 is 17.8 Å². The Morgan fingerprint density at radius 1 is 1.15 bits per heavy atom. The maximum atomic E-state index is 11.5. The quantitative estimate of drug-likeness (QED) is 0.575. The van der Waals surface area contributed by atoms with Gasteiger partial charge in [0.05, 0.1) is 6.04 Å². The van der Waals surface area contributed by atoms with Crippen molar-refractivity contribution in [3.63, 3.8) is 0 Å². The Kier molecular flexibility index (Phi) is 5.08. The number of carbonyl (C=O) groups excluding carboxylic acids is 2. The van der Waals surface area contributed by atoms with Crippen LogP contribution >= 0.6 is 0 Å². The number of piperidine rings is 1. The molecule has 2 aliphatic heterocycles. The van der Waals surface area contributed by atoms with Crippen LogP contribution in [0.1, 0.15) is 63.1 Å². The van der Waals surface area contributed by atoms with Crippen LogP contribution in [0.5, 0.6) is 5.88 Å². The highest BCUT2D eigenvalue weighted by Crippen LogP contribution is 2.35. The molecule has 0 atom stereocenters. The van der Waals surface area contributed by atoms with Gasteiger partial charge in [-0.3, -0.25) is 4.68 Å². The second-order valence-corrected chi connectivity index (χ2v) is 7.64. The number of rotatable bonds is 5. The van der Waals surface area contributed by atoms with E-state index in [2.05, 4.69) is 16.7 Å². The highest BCUT2D eigenvalue weighted by atomic mass is 16.8. The number of esters is 2. The molecule has 2 saturated heterocycles. The second kappa shape index (κ2) is 7.50. The van der Waals surface area contributed by atoms with Crippen molar-refractivity contribution >= 4 is 11.9 Å². The van der Waals surface area contributed by atoms with Crippen molar-refractivity contribution in [2.75, 3.05) is 19.7 Å². The summed E-state index contributed by atoms with van der Waals surface area (Å²) in [5.74, 6) is -2.45. The number of aromatic nitrogens is 2. The van der Waals surface area contributed by atoms with E-state index in [4.69, 9.17) is 14.2 Å². The van der Waals surface area contributed by atoms with E-state index in [0.29, 0.717) is 38.0 Å². The monoisotopic (exact) mass is 377 g/mol. The molecule has 27 heavy (non-hydrogen) atoms. The highest BCUT2D eigenvalue weighted by Gasteiger charge is 2.53. The van der Waals surface area contributed by atoms with E-state index in [1.165, 1.54) is 32.1 Å². The average Bonchev–Trinajstić information content (AvgIpc) is 3.17. The summed E-state index contributed by atoms with van der Waals surface area (Å²) < 4.78 is 18.5. The minimum absolute atomic E-state index is 0.387. The molecular formula is C19H27N3O5. The lowest BCUT2D eigenvalue weighted by Gasteiger charge is -2.40. The maximum absolute atomic E-state index is 11.5. The van der Waals surface area contributed by atoms with Gasteiger partial charge in [-0.05, 0) is 32.6 Å². The SMILES string of the molecule is Cc1cc(OCCN2CCCCC23OC(=O)C(=O)O3)nn1C1CCCCC1. The topological polar surface area (TPSA) is 82.9 Å². The Bertz CT molecular complexity index is 694. The number of hydrogen-bond acceptors (Lipinski definition) is 7. The molecule has 0 aromatic carbocycles. The molecule has 3 heterocycles. The number of carbonyl (C=O) groups is 2. The largest absolute Gasteiger partial charge is 0.475 e. The van der Waals surface area contributed by atoms with Gasteiger partial charge in [-0.2, -0.15) is 0 Å². The molecule has 1 aliphatic carbocycles. The number of ether oxygens (including phenoxy) is 3. The summed E-state index contributed by atoms with van der Waals surface area (Å²) in [5, 5.41) is 4.63. The lowest BCUT2D eigenvalue weighted by atomic mass is 9.95. The van der Waals surface area contributed by atoms with Crippen LogP contribution in [0.25, 0.3) is 0 Å². The van der Waals surface area contributed by atoms with Gasteiger partial charge in [0.25, 0.3) is 0 Å². The summed E-state index contributed by atoms with van der Waals surface area (Å²) in [6.07, 6.45) is 8.50. The van der Waals surface area contributed by atoms with Gasteiger partial charge in [0, 0.05) is 31.3 Å². The first kappa shape index (κ1) is 18.3. The van der Waals surface area contributed by atoms with Gasteiger partial charge in [0.15, 0.2) is 0 Å². The van der Waals surface area contributed by atoms with Crippen molar-refractivity contribution in [2.24, 2.45) is 0 Å². The predicted octanol–water partition coefficient (Wildman–Crippen LogP) is 2.32. The van der Waals surface area contributed by atoms with Crippen LogP contribution in [-0.2, 0) is 19.1 Å². The van der Waals surface area contributed by atoms with Gasteiger partial charge in [-0.25, -0.2) is 14.5 Å². The molecule has 0 amide bonds. The highest BCUT2D eigenvalue weighted by molar-refractivity contribution is 6.31. The predicted molar refractivity (Wildman–Crippen MR) is 94.9 cm³/mol. The van der Waals surface area contributed by atoms with Crippen molar-refractivity contribution in [1.82, 2.24) is 14.7 Å². The third kappa shape index (κ3) is 3.67. The van der Waals surface area contributed by atoms with Gasteiger partial charge in [-0.15, -0.1) is 5.10 Å². The summed E-state index contributed by atoms with van der Waals surface area (Å²) in [6.45, 7) is 3.64. The standard InChI is InChI=1S/C19H27N3O5/c1-14-13-16(20-22(14)15-7-3-2-4-8-15)25-12-11-21-10-6-5-9-19(21)26-17(23)18(24)27-19/h13,15H,2-12H2,1H3. The zero-order chi connectivity index (χ0) is 18.9. The smallest absolute Gasteiger partial charge is 0.421 e. The summed E-state index contributed by atoms with van der Waals surface area (Å²) in [6, 6.07) is 2.44. The molecule has 1 aromatic heterocycles. The number of nitrogens with zero attached hydrogens (tertiary/aromatic N) is 3. The van der Waals surface area contributed by atoms with E-state index in [-0.39, 0.29) is 0 Å². The maximum Gasteiger partial charge on any atom is 0.421 e. The van der Waals surface area contributed by atoms with Crippen molar-refractivity contribution < 1.29 is 23.8 Å². The van der Waals surface area contributed by atoms with E-state index in [1.807, 2.05) is 11.0 Å². The van der Waals surface area contributed by atoms with Crippen molar-refractivity contribution in [2.45, 2.75) is 70.2 Å². The fraction of sp³-hybridized carbons (Fsp3) is 0.737. The van der Waals surface area contributed by atoms with Crippen molar-refractivity contribution in [3.8, 4) is 5.88 Å². The van der Waals surface area contributed by atoms with Crippen LogP contribution < -0.4 is 4.74 Å². The first-order valence-electron chi connectivity index (χ1n) is 9.98. The van der Waals surface area contributed by atoms with Gasteiger partial charge >= 0.3 is 17.8 Å². The molecule has 3 fully saturated rings. The molecule has 1 saturated carbocycles. The van der Waals surface area contributed by atoms with E-state index in [1.54, 1.807) is 0 Å². The fourth-order valence-electron chi connectivity index (χ4n) is 4.37. The Balaban J connectivity index is 1.35. The first-order chi connectivity index (χ1) is 13.1. The molecule has 0 N–H and O–H groups in total. The second-order valence-electron chi connectivity index (χ2n) is 7.64. The fourth-order valence-corrected chi connectivity index (χ4v) is 4.37. The average molecular weight is 377 g/mol. The molecule has 0 bridgehead atoms. The summed E-state index contributed by atoms with van der Waals surface area (Å²) in [5.41, 5.74) is 1.12. The van der Waals surface area contributed by atoms with Crippen molar-refractivity contribution in [3.05, 3.63) is 11.8 Å². The molecule has 0 radical (unpaired) electrons. The third-order valence-electron chi connectivity index (χ3n) is 5.76. The minimum Gasteiger partial charge on any atom is -0.475 e. The van der Waals surface area contributed by atoms with Gasteiger partial charge in [0.2, 0.25) is 5.88 Å². The van der Waals surface area contributed by atoms with Crippen LogP contribution in [-0.4, -0.2) is 52.2 Å².